The summed E-state index contributed by atoms with van der Waals surface area (Å²) in [6.45, 7) is -0.254. The lowest BCUT2D eigenvalue weighted by atomic mass is 10.1. The minimum atomic E-state index is -1.31. The van der Waals surface area contributed by atoms with Gasteiger partial charge in [-0.05, 0) is 24.3 Å². The first-order valence-corrected chi connectivity index (χ1v) is 7.25. The van der Waals surface area contributed by atoms with Gasteiger partial charge in [0.25, 0.3) is 0 Å². The van der Waals surface area contributed by atoms with Gasteiger partial charge >= 0.3 is 6.03 Å². The average Bonchev–Trinajstić information content (AvgIpc) is 2.48. The number of aliphatic hydroxyl groups is 1. The van der Waals surface area contributed by atoms with Gasteiger partial charge in [0.15, 0.2) is 0 Å². The SMILES string of the molecule is O=C(NCC(O)c1ccc(F)cc1F)Nc1ccc(Cl)c(Cl)c1. The first kappa shape index (κ1) is 17.5. The molecular weight excluding hydrogens is 349 g/mol. The highest BCUT2D eigenvalue weighted by Crippen LogP contribution is 2.25. The van der Waals surface area contributed by atoms with Crippen molar-refractivity contribution in [1.82, 2.24) is 5.32 Å². The summed E-state index contributed by atoms with van der Waals surface area (Å²) in [6.07, 6.45) is -1.31. The summed E-state index contributed by atoms with van der Waals surface area (Å²) in [7, 11) is 0. The predicted molar refractivity (Wildman–Crippen MR) is 84.8 cm³/mol. The van der Waals surface area contributed by atoms with Crippen molar-refractivity contribution in [3.05, 3.63) is 63.6 Å². The second kappa shape index (κ2) is 7.59. The molecule has 2 aromatic rings. The minimum Gasteiger partial charge on any atom is -0.386 e. The van der Waals surface area contributed by atoms with E-state index in [-0.39, 0.29) is 17.1 Å². The van der Waals surface area contributed by atoms with Crippen molar-refractivity contribution < 1.29 is 18.7 Å². The second-order valence-corrected chi connectivity index (χ2v) is 5.46. The van der Waals surface area contributed by atoms with Crippen LogP contribution in [0.4, 0.5) is 19.3 Å². The zero-order valence-corrected chi connectivity index (χ0v) is 13.1. The zero-order valence-electron chi connectivity index (χ0n) is 11.6. The van der Waals surface area contributed by atoms with Crippen LogP contribution in [-0.4, -0.2) is 17.7 Å². The van der Waals surface area contributed by atoms with Crippen molar-refractivity contribution in [1.29, 1.82) is 0 Å². The summed E-state index contributed by atoms with van der Waals surface area (Å²) in [5, 5.41) is 15.3. The molecule has 1 atom stereocenters. The average molecular weight is 361 g/mol. The molecule has 23 heavy (non-hydrogen) atoms. The number of benzene rings is 2. The van der Waals surface area contributed by atoms with E-state index in [1.54, 1.807) is 6.07 Å². The molecule has 0 bridgehead atoms. The number of urea groups is 1. The fourth-order valence-electron chi connectivity index (χ4n) is 1.82. The molecule has 0 aliphatic carbocycles. The van der Waals surface area contributed by atoms with Gasteiger partial charge in [-0.2, -0.15) is 0 Å². The smallest absolute Gasteiger partial charge is 0.319 e. The molecule has 0 saturated heterocycles. The van der Waals surface area contributed by atoms with Crippen LogP contribution in [0.3, 0.4) is 0 Å². The van der Waals surface area contributed by atoms with E-state index in [1.165, 1.54) is 12.1 Å². The molecule has 2 amide bonds. The molecule has 0 aromatic heterocycles. The Labute approximate surface area is 141 Å². The fourth-order valence-corrected chi connectivity index (χ4v) is 2.12. The van der Waals surface area contributed by atoms with Crippen molar-refractivity contribution in [3.63, 3.8) is 0 Å². The van der Waals surface area contributed by atoms with E-state index in [2.05, 4.69) is 10.6 Å². The Hall–Kier alpha value is -1.89. The summed E-state index contributed by atoms with van der Waals surface area (Å²) in [4.78, 5) is 11.7. The maximum absolute atomic E-state index is 13.5. The maximum atomic E-state index is 13.5. The van der Waals surface area contributed by atoms with Gasteiger partial charge in [0.1, 0.15) is 11.6 Å². The predicted octanol–water partition coefficient (Wildman–Crippen LogP) is 4.13. The molecule has 0 fully saturated rings. The van der Waals surface area contributed by atoms with Gasteiger partial charge in [-0.3, -0.25) is 0 Å². The van der Waals surface area contributed by atoms with E-state index >= 15 is 0 Å². The standard InChI is InChI=1S/C15H12Cl2F2N2O2/c16-11-4-2-9(6-12(11)17)21-15(23)20-7-14(22)10-3-1-8(18)5-13(10)19/h1-6,14,22H,7H2,(H2,20,21,23). The topological polar surface area (TPSA) is 61.4 Å². The number of anilines is 1. The van der Waals surface area contributed by atoms with Crippen LogP contribution in [0.2, 0.25) is 10.0 Å². The molecule has 0 aliphatic rings. The van der Waals surface area contributed by atoms with Crippen molar-refractivity contribution in [2.75, 3.05) is 11.9 Å². The molecule has 122 valence electrons. The lowest BCUT2D eigenvalue weighted by Gasteiger charge is -2.14. The number of rotatable bonds is 4. The highest BCUT2D eigenvalue weighted by Gasteiger charge is 2.14. The molecule has 0 saturated carbocycles. The van der Waals surface area contributed by atoms with E-state index in [1.807, 2.05) is 0 Å². The normalized spacial score (nSPS) is 11.9. The highest BCUT2D eigenvalue weighted by atomic mass is 35.5. The van der Waals surface area contributed by atoms with Crippen LogP contribution in [-0.2, 0) is 0 Å². The van der Waals surface area contributed by atoms with E-state index in [4.69, 9.17) is 23.2 Å². The number of aliphatic hydroxyl groups excluding tert-OH is 1. The lowest BCUT2D eigenvalue weighted by Crippen LogP contribution is -2.32. The Bertz CT molecular complexity index is 729. The highest BCUT2D eigenvalue weighted by molar-refractivity contribution is 6.42. The summed E-state index contributed by atoms with van der Waals surface area (Å²) >= 11 is 11.6. The molecule has 0 spiro atoms. The molecule has 0 radical (unpaired) electrons. The van der Waals surface area contributed by atoms with Gasteiger partial charge in [0, 0.05) is 23.9 Å². The third-order valence-corrected chi connectivity index (χ3v) is 3.69. The largest absolute Gasteiger partial charge is 0.386 e. The van der Waals surface area contributed by atoms with E-state index in [0.29, 0.717) is 16.8 Å². The summed E-state index contributed by atoms with van der Waals surface area (Å²) < 4.78 is 26.3. The summed E-state index contributed by atoms with van der Waals surface area (Å²) in [6, 6.07) is 6.70. The maximum Gasteiger partial charge on any atom is 0.319 e. The Kier molecular flexibility index (Phi) is 5.76. The molecule has 2 aromatic carbocycles. The van der Waals surface area contributed by atoms with Gasteiger partial charge in [-0.25, -0.2) is 13.6 Å². The quantitative estimate of drug-likeness (QED) is 0.767. The lowest BCUT2D eigenvalue weighted by molar-refractivity contribution is 0.170. The number of halogens is 4. The first-order chi connectivity index (χ1) is 10.9. The summed E-state index contributed by atoms with van der Waals surface area (Å²) in [5.41, 5.74) is 0.292. The third-order valence-electron chi connectivity index (χ3n) is 2.95. The molecule has 8 heteroatoms. The van der Waals surface area contributed by atoms with Crippen LogP contribution in [0.1, 0.15) is 11.7 Å². The van der Waals surface area contributed by atoms with Crippen molar-refractivity contribution >= 4 is 34.9 Å². The van der Waals surface area contributed by atoms with Crippen LogP contribution < -0.4 is 10.6 Å². The second-order valence-electron chi connectivity index (χ2n) is 4.65. The minimum absolute atomic E-state index is 0.110. The summed E-state index contributed by atoms with van der Waals surface area (Å²) in [5.74, 6) is -1.63. The number of carbonyl (C=O) groups excluding carboxylic acids is 1. The molecule has 0 aliphatic heterocycles. The van der Waals surface area contributed by atoms with Crippen molar-refractivity contribution in [2.45, 2.75) is 6.10 Å². The molecular formula is C15H12Cl2F2N2O2. The monoisotopic (exact) mass is 360 g/mol. The van der Waals surface area contributed by atoms with E-state index < -0.39 is 23.8 Å². The fraction of sp³-hybridized carbons (Fsp3) is 0.133. The number of hydrogen-bond acceptors (Lipinski definition) is 2. The van der Waals surface area contributed by atoms with E-state index in [0.717, 1.165) is 12.1 Å². The number of hydrogen-bond donors (Lipinski definition) is 3. The Balaban J connectivity index is 1.91. The Morgan fingerprint density at radius 3 is 2.52 bits per heavy atom. The molecule has 0 heterocycles. The van der Waals surface area contributed by atoms with Crippen LogP contribution >= 0.6 is 23.2 Å². The van der Waals surface area contributed by atoms with Crippen LogP contribution in [0, 0.1) is 11.6 Å². The van der Waals surface area contributed by atoms with Crippen LogP contribution in [0.15, 0.2) is 36.4 Å². The third kappa shape index (κ3) is 4.79. The number of nitrogens with one attached hydrogen (secondary N) is 2. The molecule has 2 rings (SSSR count). The van der Waals surface area contributed by atoms with Crippen LogP contribution in [0.25, 0.3) is 0 Å². The number of carbonyl (C=O) groups is 1. The van der Waals surface area contributed by atoms with Gasteiger partial charge < -0.3 is 15.7 Å². The Morgan fingerprint density at radius 2 is 1.87 bits per heavy atom. The molecule has 1 unspecified atom stereocenters. The van der Waals surface area contributed by atoms with Gasteiger partial charge in [0.2, 0.25) is 0 Å². The van der Waals surface area contributed by atoms with E-state index in [9.17, 15) is 18.7 Å². The molecule has 4 nitrogen and oxygen atoms in total. The number of amides is 2. The van der Waals surface area contributed by atoms with Crippen LogP contribution in [0.5, 0.6) is 0 Å². The van der Waals surface area contributed by atoms with Gasteiger partial charge in [-0.1, -0.05) is 29.3 Å². The van der Waals surface area contributed by atoms with Gasteiger partial charge in [0.05, 0.1) is 16.1 Å². The van der Waals surface area contributed by atoms with Crippen molar-refractivity contribution in [2.24, 2.45) is 0 Å². The van der Waals surface area contributed by atoms with Crippen molar-refractivity contribution in [3.8, 4) is 0 Å². The van der Waals surface area contributed by atoms with Gasteiger partial charge in [-0.15, -0.1) is 0 Å². The zero-order chi connectivity index (χ0) is 17.0. The first-order valence-electron chi connectivity index (χ1n) is 6.49. The molecule has 3 N–H and O–H groups in total. The Morgan fingerprint density at radius 1 is 1.13 bits per heavy atom.